The molecule has 1 aliphatic carbocycles. The van der Waals surface area contributed by atoms with Crippen LogP contribution >= 0.6 is 0 Å². The molecule has 0 amide bonds. The highest BCUT2D eigenvalue weighted by molar-refractivity contribution is 5.35. The highest BCUT2D eigenvalue weighted by atomic mass is 16.3. The van der Waals surface area contributed by atoms with Gasteiger partial charge in [0.2, 0.25) is 0 Å². The minimum absolute atomic E-state index is 0.109. The first-order chi connectivity index (χ1) is 6.02. The minimum atomic E-state index is -1.12. The Bertz CT molecular complexity index is 251. The predicted molar refractivity (Wildman–Crippen MR) is 50.1 cm³/mol. The van der Waals surface area contributed by atoms with Crippen molar-refractivity contribution in [1.29, 1.82) is 0 Å². The molecule has 0 saturated heterocycles. The minimum Gasteiger partial charge on any atom is -0.396 e. The van der Waals surface area contributed by atoms with Gasteiger partial charge in [-0.3, -0.25) is 0 Å². The Labute approximate surface area is 78.0 Å². The molecule has 3 heteroatoms. The van der Waals surface area contributed by atoms with E-state index in [0.717, 1.165) is 5.57 Å². The Morgan fingerprint density at radius 2 is 2.08 bits per heavy atom. The van der Waals surface area contributed by atoms with Gasteiger partial charge in [0.1, 0.15) is 0 Å². The van der Waals surface area contributed by atoms with Crippen molar-refractivity contribution in [3.8, 4) is 0 Å². The van der Waals surface area contributed by atoms with Gasteiger partial charge in [0, 0.05) is 5.92 Å². The van der Waals surface area contributed by atoms with Gasteiger partial charge < -0.3 is 15.3 Å². The standard InChI is InChI=1S/C10H16O3/c1-7-3-8(5-11)10(2,13)9(4-7)6-12/h3-4,8,11-13H,5-6H2,1-2H3. The molecule has 2 atom stereocenters. The van der Waals surface area contributed by atoms with Gasteiger partial charge in [0.25, 0.3) is 0 Å². The van der Waals surface area contributed by atoms with Crippen LogP contribution in [0.3, 0.4) is 0 Å². The van der Waals surface area contributed by atoms with Crippen molar-refractivity contribution >= 4 is 0 Å². The van der Waals surface area contributed by atoms with Crippen molar-refractivity contribution in [2.24, 2.45) is 5.92 Å². The fourth-order valence-corrected chi connectivity index (χ4v) is 1.62. The van der Waals surface area contributed by atoms with Gasteiger partial charge in [-0.15, -0.1) is 0 Å². The third-order valence-electron chi connectivity index (χ3n) is 2.61. The Kier molecular flexibility index (Phi) is 2.91. The molecule has 0 radical (unpaired) electrons. The molecule has 0 aliphatic heterocycles. The maximum atomic E-state index is 9.98. The van der Waals surface area contributed by atoms with Gasteiger partial charge in [-0.25, -0.2) is 0 Å². The van der Waals surface area contributed by atoms with E-state index in [4.69, 9.17) is 10.2 Å². The van der Waals surface area contributed by atoms with Crippen LogP contribution in [0, 0.1) is 5.92 Å². The van der Waals surface area contributed by atoms with E-state index in [2.05, 4.69) is 0 Å². The monoisotopic (exact) mass is 184 g/mol. The SMILES string of the molecule is CC1=CC(CO)C(C)(O)C(CO)=C1. The lowest BCUT2D eigenvalue weighted by Crippen LogP contribution is -2.40. The third-order valence-corrected chi connectivity index (χ3v) is 2.61. The molecule has 0 spiro atoms. The lowest BCUT2D eigenvalue weighted by Gasteiger charge is -2.35. The van der Waals surface area contributed by atoms with E-state index in [1.807, 2.05) is 13.0 Å². The second-order valence-corrected chi connectivity index (χ2v) is 3.67. The molecular formula is C10H16O3. The van der Waals surface area contributed by atoms with Crippen LogP contribution in [0.15, 0.2) is 23.3 Å². The maximum Gasteiger partial charge on any atom is 0.0938 e. The second-order valence-electron chi connectivity index (χ2n) is 3.67. The zero-order valence-electron chi connectivity index (χ0n) is 7.99. The van der Waals surface area contributed by atoms with E-state index in [9.17, 15) is 5.11 Å². The van der Waals surface area contributed by atoms with Crippen LogP contribution < -0.4 is 0 Å². The van der Waals surface area contributed by atoms with Crippen molar-refractivity contribution in [3.05, 3.63) is 23.3 Å². The Morgan fingerprint density at radius 1 is 1.46 bits per heavy atom. The topological polar surface area (TPSA) is 60.7 Å². The second kappa shape index (κ2) is 3.62. The average Bonchev–Trinajstić information content (AvgIpc) is 2.08. The van der Waals surface area contributed by atoms with Gasteiger partial charge in [-0.2, -0.15) is 0 Å². The fraction of sp³-hybridized carbons (Fsp3) is 0.600. The van der Waals surface area contributed by atoms with E-state index in [1.165, 1.54) is 0 Å². The van der Waals surface area contributed by atoms with Gasteiger partial charge in [0.05, 0.1) is 18.8 Å². The summed E-state index contributed by atoms with van der Waals surface area (Å²) < 4.78 is 0. The summed E-state index contributed by atoms with van der Waals surface area (Å²) >= 11 is 0. The summed E-state index contributed by atoms with van der Waals surface area (Å²) in [5.74, 6) is -0.320. The molecule has 0 heterocycles. The van der Waals surface area contributed by atoms with Crippen molar-refractivity contribution in [3.63, 3.8) is 0 Å². The van der Waals surface area contributed by atoms with Crippen LogP contribution in [-0.2, 0) is 0 Å². The first-order valence-electron chi connectivity index (χ1n) is 4.36. The summed E-state index contributed by atoms with van der Waals surface area (Å²) in [5.41, 5.74) is 0.407. The van der Waals surface area contributed by atoms with E-state index < -0.39 is 5.60 Å². The molecule has 0 aromatic rings. The molecule has 1 aliphatic rings. The van der Waals surface area contributed by atoms with Crippen LogP contribution in [0.5, 0.6) is 0 Å². The first-order valence-corrected chi connectivity index (χ1v) is 4.36. The molecule has 13 heavy (non-hydrogen) atoms. The highest BCUT2D eigenvalue weighted by Crippen LogP contribution is 2.32. The summed E-state index contributed by atoms with van der Waals surface area (Å²) in [7, 11) is 0. The number of rotatable bonds is 2. The number of aliphatic hydroxyl groups is 3. The van der Waals surface area contributed by atoms with Gasteiger partial charge >= 0.3 is 0 Å². The van der Waals surface area contributed by atoms with E-state index in [1.54, 1.807) is 13.0 Å². The quantitative estimate of drug-likeness (QED) is 0.575. The van der Waals surface area contributed by atoms with E-state index in [0.29, 0.717) is 5.57 Å². The average molecular weight is 184 g/mol. The normalized spacial score (nSPS) is 34.1. The van der Waals surface area contributed by atoms with Crippen LogP contribution in [0.2, 0.25) is 0 Å². The summed E-state index contributed by atoms with van der Waals surface area (Å²) in [6, 6.07) is 0. The Balaban J connectivity index is 3.02. The first kappa shape index (κ1) is 10.4. The number of aliphatic hydroxyl groups excluding tert-OH is 2. The summed E-state index contributed by atoms with van der Waals surface area (Å²) in [5, 5.41) is 28.0. The summed E-state index contributed by atoms with van der Waals surface area (Å²) in [4.78, 5) is 0. The van der Waals surface area contributed by atoms with Crippen LogP contribution in [-0.4, -0.2) is 34.1 Å². The smallest absolute Gasteiger partial charge is 0.0938 e. The van der Waals surface area contributed by atoms with Crippen LogP contribution in [0.4, 0.5) is 0 Å². The lowest BCUT2D eigenvalue weighted by atomic mass is 9.78. The third kappa shape index (κ3) is 1.82. The van der Waals surface area contributed by atoms with Crippen molar-refractivity contribution in [2.45, 2.75) is 19.4 Å². The number of hydrogen-bond acceptors (Lipinski definition) is 3. The molecule has 0 saturated carbocycles. The van der Waals surface area contributed by atoms with Crippen LogP contribution in [0.25, 0.3) is 0 Å². The Morgan fingerprint density at radius 3 is 2.54 bits per heavy atom. The Hall–Kier alpha value is -0.640. The van der Waals surface area contributed by atoms with E-state index in [-0.39, 0.29) is 19.1 Å². The number of allylic oxidation sites excluding steroid dienone is 2. The summed E-state index contributed by atoms with van der Waals surface area (Å²) in [6.07, 6.45) is 3.57. The summed E-state index contributed by atoms with van der Waals surface area (Å²) in [6.45, 7) is 3.21. The zero-order chi connectivity index (χ0) is 10.1. The lowest BCUT2D eigenvalue weighted by molar-refractivity contribution is 0.0180. The molecule has 0 bridgehead atoms. The molecule has 2 unspecified atom stereocenters. The molecular weight excluding hydrogens is 168 g/mol. The molecule has 1 rings (SSSR count). The molecule has 0 fully saturated rings. The van der Waals surface area contributed by atoms with Gasteiger partial charge in [0.15, 0.2) is 0 Å². The van der Waals surface area contributed by atoms with Gasteiger partial charge in [-0.05, 0) is 19.4 Å². The van der Waals surface area contributed by atoms with Crippen molar-refractivity contribution in [2.75, 3.05) is 13.2 Å². The molecule has 74 valence electrons. The fourth-order valence-electron chi connectivity index (χ4n) is 1.62. The molecule has 3 nitrogen and oxygen atoms in total. The van der Waals surface area contributed by atoms with Crippen LogP contribution in [0.1, 0.15) is 13.8 Å². The largest absolute Gasteiger partial charge is 0.396 e. The van der Waals surface area contributed by atoms with Crippen molar-refractivity contribution in [1.82, 2.24) is 0 Å². The molecule has 0 aromatic carbocycles. The predicted octanol–water partition coefficient (Wildman–Crippen LogP) is 0.225. The molecule has 3 N–H and O–H groups in total. The van der Waals surface area contributed by atoms with Crippen molar-refractivity contribution < 1.29 is 15.3 Å². The highest BCUT2D eigenvalue weighted by Gasteiger charge is 2.35. The maximum absolute atomic E-state index is 9.98. The molecule has 0 aromatic heterocycles. The van der Waals surface area contributed by atoms with Gasteiger partial charge in [-0.1, -0.05) is 17.7 Å². The number of hydrogen-bond donors (Lipinski definition) is 3. The van der Waals surface area contributed by atoms with E-state index >= 15 is 0 Å². The zero-order valence-corrected chi connectivity index (χ0v) is 7.99.